The Balaban J connectivity index is 1.91. The topological polar surface area (TPSA) is 41.6 Å². The first-order valence-electron chi connectivity index (χ1n) is 4.53. The number of rotatable bonds is 2. The molecule has 3 nitrogen and oxygen atoms in total. The normalized spacial score (nSPS) is 16.9. The minimum absolute atomic E-state index is 0.679. The zero-order valence-electron chi connectivity index (χ0n) is 7.74. The molecule has 0 radical (unpaired) electrons. The molecule has 5 heteroatoms. The fraction of sp³-hybridized carbons (Fsp3) is 0.444. The van der Waals surface area contributed by atoms with Gasteiger partial charge in [0.2, 0.25) is 0 Å². The van der Waals surface area contributed by atoms with Gasteiger partial charge in [0, 0.05) is 13.1 Å². The largest absolute Gasteiger partial charge is 0.370 e. The Morgan fingerprint density at radius 2 is 2.43 bits per heavy atom. The van der Waals surface area contributed by atoms with Gasteiger partial charge in [-0.1, -0.05) is 0 Å². The molecule has 1 fully saturated rings. The molecule has 76 valence electrons. The smallest absolute Gasteiger partial charge is 0.191 e. The second kappa shape index (κ2) is 4.31. The van der Waals surface area contributed by atoms with Crippen LogP contribution >= 0.6 is 27.3 Å². The number of likely N-dealkylation sites (tertiary alicyclic amines) is 1. The molecule has 0 saturated carbocycles. The summed E-state index contributed by atoms with van der Waals surface area (Å²) < 4.78 is 1.14. The van der Waals surface area contributed by atoms with Crippen molar-refractivity contribution in [2.45, 2.75) is 13.0 Å². The number of nitrogens with zero attached hydrogens (tertiary/aromatic N) is 2. The molecule has 1 aliphatic heterocycles. The van der Waals surface area contributed by atoms with Crippen molar-refractivity contribution in [2.75, 3.05) is 13.1 Å². The lowest BCUT2D eigenvalue weighted by molar-refractivity contribution is 0.295. The highest BCUT2D eigenvalue weighted by atomic mass is 79.9. The molecule has 0 unspecified atom stereocenters. The molecule has 0 amide bonds. The van der Waals surface area contributed by atoms with E-state index in [0.717, 1.165) is 16.9 Å². The van der Waals surface area contributed by atoms with Gasteiger partial charge in [0.05, 0.1) is 10.3 Å². The standard InChI is InChI=1S/C9H12BrN3S/c10-8-4-7(6-14-8)5-12-9(11)13-2-1-3-13/h4,6H,1-3,5H2,(H2,11,12). The first-order chi connectivity index (χ1) is 6.75. The minimum Gasteiger partial charge on any atom is -0.370 e. The van der Waals surface area contributed by atoms with E-state index in [1.165, 1.54) is 12.0 Å². The number of hydrogen-bond acceptors (Lipinski definition) is 2. The van der Waals surface area contributed by atoms with Crippen LogP contribution in [0.2, 0.25) is 0 Å². The summed E-state index contributed by atoms with van der Waals surface area (Å²) in [5, 5.41) is 2.09. The van der Waals surface area contributed by atoms with Crippen LogP contribution in [0.3, 0.4) is 0 Å². The molecule has 1 aromatic rings. The van der Waals surface area contributed by atoms with Crippen LogP contribution in [0.25, 0.3) is 0 Å². The van der Waals surface area contributed by atoms with E-state index in [-0.39, 0.29) is 0 Å². The lowest BCUT2D eigenvalue weighted by Crippen LogP contribution is -2.46. The molecule has 2 rings (SSSR count). The van der Waals surface area contributed by atoms with Crippen molar-refractivity contribution in [1.82, 2.24) is 4.90 Å². The Morgan fingerprint density at radius 3 is 2.93 bits per heavy atom. The SMILES string of the molecule is NC(=NCc1csc(Br)c1)N1CCC1. The van der Waals surface area contributed by atoms with Gasteiger partial charge in [-0.25, -0.2) is 4.99 Å². The maximum atomic E-state index is 5.80. The molecule has 0 aliphatic carbocycles. The number of nitrogens with two attached hydrogens (primary N) is 1. The van der Waals surface area contributed by atoms with Crippen molar-refractivity contribution in [3.05, 3.63) is 20.8 Å². The van der Waals surface area contributed by atoms with Gasteiger partial charge < -0.3 is 10.6 Å². The summed E-state index contributed by atoms with van der Waals surface area (Å²) in [6, 6.07) is 2.08. The Hall–Kier alpha value is -0.550. The highest BCUT2D eigenvalue weighted by molar-refractivity contribution is 9.11. The van der Waals surface area contributed by atoms with Crippen molar-refractivity contribution in [3.63, 3.8) is 0 Å². The predicted octanol–water partition coefficient (Wildman–Crippen LogP) is 2.03. The Kier molecular flexibility index (Phi) is 3.08. The summed E-state index contributed by atoms with van der Waals surface area (Å²) in [5.41, 5.74) is 7.01. The van der Waals surface area contributed by atoms with Crippen molar-refractivity contribution < 1.29 is 0 Å². The minimum atomic E-state index is 0.679. The molecule has 0 spiro atoms. The summed E-state index contributed by atoms with van der Waals surface area (Å²) in [4.78, 5) is 6.43. The van der Waals surface area contributed by atoms with Gasteiger partial charge in [0.1, 0.15) is 0 Å². The summed E-state index contributed by atoms with van der Waals surface area (Å²) in [6.07, 6.45) is 1.24. The molecule has 1 saturated heterocycles. The average Bonchev–Trinajstić information content (AvgIpc) is 2.45. The van der Waals surface area contributed by atoms with Crippen LogP contribution in [-0.4, -0.2) is 23.9 Å². The Morgan fingerprint density at radius 1 is 1.64 bits per heavy atom. The van der Waals surface area contributed by atoms with Crippen LogP contribution in [0, 0.1) is 0 Å². The monoisotopic (exact) mass is 273 g/mol. The van der Waals surface area contributed by atoms with Gasteiger partial charge in [-0.15, -0.1) is 11.3 Å². The lowest BCUT2D eigenvalue weighted by Gasteiger charge is -2.31. The number of hydrogen-bond donors (Lipinski definition) is 1. The molecular weight excluding hydrogens is 262 g/mol. The highest BCUT2D eigenvalue weighted by Gasteiger charge is 2.15. The predicted molar refractivity (Wildman–Crippen MR) is 63.5 cm³/mol. The second-order valence-corrected chi connectivity index (χ2v) is 5.56. The van der Waals surface area contributed by atoms with Gasteiger partial charge in [0.25, 0.3) is 0 Å². The van der Waals surface area contributed by atoms with E-state index in [2.05, 4.69) is 37.3 Å². The van der Waals surface area contributed by atoms with Crippen LogP contribution in [0.5, 0.6) is 0 Å². The number of aliphatic imine (C=N–C) groups is 1. The van der Waals surface area contributed by atoms with Crippen LogP contribution in [0.1, 0.15) is 12.0 Å². The maximum absolute atomic E-state index is 5.80. The molecule has 1 aromatic heterocycles. The Bertz CT molecular complexity index is 344. The van der Waals surface area contributed by atoms with Crippen molar-refractivity contribution in [1.29, 1.82) is 0 Å². The van der Waals surface area contributed by atoms with E-state index >= 15 is 0 Å². The molecule has 14 heavy (non-hydrogen) atoms. The average molecular weight is 274 g/mol. The molecule has 2 N–H and O–H groups in total. The summed E-state index contributed by atoms with van der Waals surface area (Å²) >= 11 is 5.10. The summed E-state index contributed by atoms with van der Waals surface area (Å²) in [5.74, 6) is 0.679. The van der Waals surface area contributed by atoms with Gasteiger partial charge in [-0.2, -0.15) is 0 Å². The summed E-state index contributed by atoms with van der Waals surface area (Å²) in [7, 11) is 0. The third-order valence-corrected chi connectivity index (χ3v) is 3.78. The highest BCUT2D eigenvalue weighted by Crippen LogP contribution is 2.21. The summed E-state index contributed by atoms with van der Waals surface area (Å²) in [6.45, 7) is 2.80. The van der Waals surface area contributed by atoms with Crippen LogP contribution in [-0.2, 0) is 6.54 Å². The molecule has 0 atom stereocenters. The first-order valence-corrected chi connectivity index (χ1v) is 6.21. The van der Waals surface area contributed by atoms with E-state index < -0.39 is 0 Å². The maximum Gasteiger partial charge on any atom is 0.191 e. The van der Waals surface area contributed by atoms with Gasteiger partial charge in [0.15, 0.2) is 5.96 Å². The molecule has 2 heterocycles. The second-order valence-electron chi connectivity index (χ2n) is 3.27. The van der Waals surface area contributed by atoms with Crippen molar-refractivity contribution in [2.24, 2.45) is 10.7 Å². The fourth-order valence-corrected chi connectivity index (χ4v) is 2.45. The third kappa shape index (κ3) is 2.27. The molecular formula is C9H12BrN3S. The van der Waals surface area contributed by atoms with Crippen LogP contribution in [0.15, 0.2) is 20.2 Å². The Labute approximate surface area is 95.8 Å². The number of guanidine groups is 1. The van der Waals surface area contributed by atoms with Crippen molar-refractivity contribution in [3.8, 4) is 0 Å². The molecule has 0 aromatic carbocycles. The van der Waals surface area contributed by atoms with E-state index in [1.54, 1.807) is 11.3 Å². The molecule has 1 aliphatic rings. The zero-order valence-corrected chi connectivity index (χ0v) is 10.1. The van der Waals surface area contributed by atoms with E-state index in [4.69, 9.17) is 5.73 Å². The molecule has 0 bridgehead atoms. The number of thiophene rings is 1. The van der Waals surface area contributed by atoms with Crippen LogP contribution in [0.4, 0.5) is 0 Å². The third-order valence-electron chi connectivity index (χ3n) is 2.23. The van der Waals surface area contributed by atoms with E-state index in [0.29, 0.717) is 12.5 Å². The van der Waals surface area contributed by atoms with Crippen LogP contribution < -0.4 is 5.73 Å². The van der Waals surface area contributed by atoms with Gasteiger partial charge in [-0.3, -0.25) is 0 Å². The fourth-order valence-electron chi connectivity index (χ4n) is 1.25. The lowest BCUT2D eigenvalue weighted by atomic mass is 10.2. The van der Waals surface area contributed by atoms with E-state index in [1.807, 2.05) is 0 Å². The van der Waals surface area contributed by atoms with Gasteiger partial charge in [-0.05, 0) is 39.4 Å². The zero-order chi connectivity index (χ0) is 9.97. The quantitative estimate of drug-likeness (QED) is 0.662. The first kappa shape index (κ1) is 9.98. The van der Waals surface area contributed by atoms with E-state index in [9.17, 15) is 0 Å². The number of halogens is 1. The van der Waals surface area contributed by atoms with Gasteiger partial charge >= 0.3 is 0 Å². The van der Waals surface area contributed by atoms with Crippen molar-refractivity contribution >= 4 is 33.2 Å².